The molecule has 1 amide bonds. The van der Waals surface area contributed by atoms with E-state index in [1.807, 2.05) is 30.5 Å². The Morgan fingerprint density at radius 3 is 2.42 bits per heavy atom. The van der Waals surface area contributed by atoms with E-state index in [0.29, 0.717) is 0 Å². The lowest BCUT2D eigenvalue weighted by Gasteiger charge is -2.30. The quantitative estimate of drug-likeness (QED) is 0.831. The van der Waals surface area contributed by atoms with Gasteiger partial charge in [0.2, 0.25) is 5.91 Å². The second-order valence-electron chi connectivity index (χ2n) is 4.80. The second-order valence-corrected chi connectivity index (χ2v) is 4.80. The van der Waals surface area contributed by atoms with Gasteiger partial charge in [-0.05, 0) is 24.7 Å². The molecule has 0 aromatic heterocycles. The van der Waals surface area contributed by atoms with Gasteiger partial charge in [-0.1, -0.05) is 12.1 Å². The van der Waals surface area contributed by atoms with Crippen molar-refractivity contribution in [1.82, 2.24) is 9.91 Å². The lowest BCUT2D eigenvalue weighted by Crippen LogP contribution is -2.41. The third kappa shape index (κ3) is 4.37. The summed E-state index contributed by atoms with van der Waals surface area (Å²) in [5.74, 6) is -0.0566. The van der Waals surface area contributed by atoms with Gasteiger partial charge >= 0.3 is 0 Å². The highest BCUT2D eigenvalue weighted by Gasteiger charge is 2.10. The SMILES string of the molecule is CC(=O)Nc1ccc(C=NN2CCN(C)CC2)cc1. The molecule has 0 radical (unpaired) electrons. The zero-order valence-electron chi connectivity index (χ0n) is 11.5. The molecule has 102 valence electrons. The van der Waals surface area contributed by atoms with Crippen LogP contribution in [-0.2, 0) is 4.79 Å². The van der Waals surface area contributed by atoms with Gasteiger partial charge in [0.25, 0.3) is 0 Å². The van der Waals surface area contributed by atoms with E-state index in [9.17, 15) is 4.79 Å². The summed E-state index contributed by atoms with van der Waals surface area (Å²) in [4.78, 5) is 13.2. The number of hydrogen-bond acceptors (Lipinski definition) is 4. The van der Waals surface area contributed by atoms with Crippen LogP contribution in [0.4, 0.5) is 5.69 Å². The summed E-state index contributed by atoms with van der Waals surface area (Å²) in [5.41, 5.74) is 1.84. The topological polar surface area (TPSA) is 47.9 Å². The molecule has 5 heteroatoms. The van der Waals surface area contributed by atoms with Crippen LogP contribution in [0.1, 0.15) is 12.5 Å². The molecule has 0 unspecified atom stereocenters. The molecule has 1 fully saturated rings. The molecule has 2 rings (SSSR count). The summed E-state index contributed by atoms with van der Waals surface area (Å²) >= 11 is 0. The number of hydrogen-bond donors (Lipinski definition) is 1. The van der Waals surface area contributed by atoms with Gasteiger partial charge in [-0.15, -0.1) is 0 Å². The largest absolute Gasteiger partial charge is 0.326 e. The van der Waals surface area contributed by atoms with Crippen molar-refractivity contribution < 1.29 is 4.79 Å². The molecular formula is C14H20N4O. The fourth-order valence-electron chi connectivity index (χ4n) is 1.92. The maximum absolute atomic E-state index is 10.9. The van der Waals surface area contributed by atoms with Crippen molar-refractivity contribution in [2.75, 3.05) is 38.5 Å². The van der Waals surface area contributed by atoms with E-state index in [1.54, 1.807) is 0 Å². The first-order chi connectivity index (χ1) is 9.13. The number of rotatable bonds is 3. The summed E-state index contributed by atoms with van der Waals surface area (Å²) in [6.45, 7) is 5.55. The molecule has 1 aliphatic rings. The zero-order valence-corrected chi connectivity index (χ0v) is 11.5. The van der Waals surface area contributed by atoms with Crippen LogP contribution in [0, 0.1) is 0 Å². The zero-order chi connectivity index (χ0) is 13.7. The van der Waals surface area contributed by atoms with Crippen molar-refractivity contribution in [3.05, 3.63) is 29.8 Å². The number of amides is 1. The molecule has 19 heavy (non-hydrogen) atoms. The second kappa shape index (κ2) is 6.33. The molecule has 1 heterocycles. The Labute approximate surface area is 113 Å². The molecule has 1 aromatic rings. The Morgan fingerprint density at radius 2 is 1.84 bits per heavy atom. The molecule has 0 atom stereocenters. The third-order valence-electron chi connectivity index (χ3n) is 3.08. The highest BCUT2D eigenvalue weighted by Crippen LogP contribution is 2.08. The Hall–Kier alpha value is -1.88. The van der Waals surface area contributed by atoms with E-state index in [0.717, 1.165) is 37.4 Å². The minimum absolute atomic E-state index is 0.0566. The molecule has 5 nitrogen and oxygen atoms in total. The van der Waals surface area contributed by atoms with E-state index in [-0.39, 0.29) is 5.91 Å². The van der Waals surface area contributed by atoms with Crippen molar-refractivity contribution in [3.8, 4) is 0 Å². The smallest absolute Gasteiger partial charge is 0.221 e. The van der Waals surface area contributed by atoms with E-state index >= 15 is 0 Å². The van der Waals surface area contributed by atoms with Gasteiger partial charge in [0.15, 0.2) is 0 Å². The molecular weight excluding hydrogens is 240 g/mol. The normalized spacial score (nSPS) is 16.8. The fraction of sp³-hybridized carbons (Fsp3) is 0.429. The first kappa shape index (κ1) is 13.5. The first-order valence-corrected chi connectivity index (χ1v) is 6.48. The molecule has 0 saturated carbocycles. The molecule has 1 saturated heterocycles. The van der Waals surface area contributed by atoms with E-state index < -0.39 is 0 Å². The predicted octanol–water partition coefficient (Wildman–Crippen LogP) is 1.23. The molecule has 1 aliphatic heterocycles. The highest BCUT2D eigenvalue weighted by molar-refractivity contribution is 5.89. The van der Waals surface area contributed by atoms with Crippen LogP contribution in [0.3, 0.4) is 0 Å². The van der Waals surface area contributed by atoms with Crippen molar-refractivity contribution in [3.63, 3.8) is 0 Å². The van der Waals surface area contributed by atoms with Crippen molar-refractivity contribution in [2.45, 2.75) is 6.92 Å². The van der Waals surface area contributed by atoms with Crippen LogP contribution >= 0.6 is 0 Å². The lowest BCUT2D eigenvalue weighted by atomic mass is 10.2. The molecule has 0 bridgehead atoms. The van der Waals surface area contributed by atoms with Crippen LogP contribution < -0.4 is 5.32 Å². The standard InChI is InChI=1S/C14H20N4O/c1-12(19)16-14-5-3-13(4-6-14)11-15-18-9-7-17(2)8-10-18/h3-6,11H,7-10H2,1-2H3,(H,16,19). The predicted molar refractivity (Wildman–Crippen MR) is 77.4 cm³/mol. The number of carbonyl (C=O) groups excluding carboxylic acids is 1. The Balaban J connectivity index is 1.90. The number of likely N-dealkylation sites (N-methyl/N-ethyl adjacent to an activating group) is 1. The average molecular weight is 260 g/mol. The van der Waals surface area contributed by atoms with Crippen LogP contribution in [0.25, 0.3) is 0 Å². The Bertz CT molecular complexity index is 447. The van der Waals surface area contributed by atoms with Gasteiger partial charge in [-0.25, -0.2) is 0 Å². The van der Waals surface area contributed by atoms with Crippen molar-refractivity contribution in [1.29, 1.82) is 0 Å². The van der Waals surface area contributed by atoms with Crippen molar-refractivity contribution in [2.24, 2.45) is 5.10 Å². The monoisotopic (exact) mass is 260 g/mol. The van der Waals surface area contributed by atoms with Gasteiger partial charge in [0, 0.05) is 38.8 Å². The minimum atomic E-state index is -0.0566. The van der Waals surface area contributed by atoms with E-state index in [1.165, 1.54) is 6.92 Å². The Kier molecular flexibility index (Phi) is 4.52. The van der Waals surface area contributed by atoms with Crippen LogP contribution in [0.5, 0.6) is 0 Å². The number of nitrogens with zero attached hydrogens (tertiary/aromatic N) is 3. The summed E-state index contributed by atoms with van der Waals surface area (Å²) in [7, 11) is 2.13. The van der Waals surface area contributed by atoms with Crippen LogP contribution in [0.2, 0.25) is 0 Å². The summed E-state index contributed by atoms with van der Waals surface area (Å²) in [6.07, 6.45) is 1.86. The molecule has 1 aromatic carbocycles. The minimum Gasteiger partial charge on any atom is -0.326 e. The van der Waals surface area contributed by atoms with Crippen LogP contribution in [-0.4, -0.2) is 55.3 Å². The Morgan fingerprint density at radius 1 is 1.21 bits per heavy atom. The van der Waals surface area contributed by atoms with E-state index in [4.69, 9.17) is 0 Å². The number of benzene rings is 1. The van der Waals surface area contributed by atoms with Crippen molar-refractivity contribution >= 4 is 17.8 Å². The molecule has 1 N–H and O–H groups in total. The molecule has 0 spiro atoms. The molecule has 0 aliphatic carbocycles. The number of hydrazone groups is 1. The summed E-state index contributed by atoms with van der Waals surface area (Å²) in [6, 6.07) is 7.66. The van der Waals surface area contributed by atoms with Gasteiger partial charge in [0.1, 0.15) is 0 Å². The summed E-state index contributed by atoms with van der Waals surface area (Å²) in [5, 5.41) is 9.30. The number of piperazine rings is 1. The summed E-state index contributed by atoms with van der Waals surface area (Å²) < 4.78 is 0. The number of nitrogens with one attached hydrogen (secondary N) is 1. The maximum atomic E-state index is 10.9. The average Bonchev–Trinajstić information content (AvgIpc) is 2.39. The lowest BCUT2D eigenvalue weighted by molar-refractivity contribution is -0.114. The fourth-order valence-corrected chi connectivity index (χ4v) is 1.92. The van der Waals surface area contributed by atoms with Gasteiger partial charge in [-0.3, -0.25) is 9.80 Å². The van der Waals surface area contributed by atoms with Gasteiger partial charge in [-0.2, -0.15) is 5.10 Å². The number of anilines is 1. The number of carbonyl (C=O) groups is 1. The highest BCUT2D eigenvalue weighted by atomic mass is 16.1. The first-order valence-electron chi connectivity index (χ1n) is 6.48. The van der Waals surface area contributed by atoms with Gasteiger partial charge in [0.05, 0.1) is 6.21 Å². The van der Waals surface area contributed by atoms with E-state index in [2.05, 4.69) is 27.4 Å². The van der Waals surface area contributed by atoms with Gasteiger partial charge < -0.3 is 10.2 Å². The maximum Gasteiger partial charge on any atom is 0.221 e. The van der Waals surface area contributed by atoms with Crippen LogP contribution in [0.15, 0.2) is 29.4 Å². The third-order valence-corrected chi connectivity index (χ3v) is 3.08.